The number of pyridine rings is 1. The van der Waals surface area contributed by atoms with Gasteiger partial charge >= 0.3 is 0 Å². The molecule has 3 heterocycles. The molecule has 1 unspecified atom stereocenters. The molecule has 1 N–H and O–H groups in total. The van der Waals surface area contributed by atoms with E-state index in [0.717, 1.165) is 6.07 Å². The summed E-state index contributed by atoms with van der Waals surface area (Å²) in [5.41, 5.74) is -0.325. The van der Waals surface area contributed by atoms with Gasteiger partial charge in [0.05, 0.1) is 28.5 Å². The molecule has 0 radical (unpaired) electrons. The van der Waals surface area contributed by atoms with Crippen LogP contribution in [0.2, 0.25) is 0 Å². The SMILES string of the molecule is C[C@@H](Nc1ncnc2c1cc(C1CCS(=O)(=O)C1)c(=O)n2C)c1cccc(C(F)F)c1F. The van der Waals surface area contributed by atoms with Gasteiger partial charge in [0, 0.05) is 24.1 Å². The highest BCUT2D eigenvalue weighted by Gasteiger charge is 2.31. The van der Waals surface area contributed by atoms with Crippen molar-refractivity contribution in [3.63, 3.8) is 0 Å². The summed E-state index contributed by atoms with van der Waals surface area (Å²) < 4.78 is 65.9. The first-order valence-electron chi connectivity index (χ1n) is 9.97. The van der Waals surface area contributed by atoms with Crippen LogP contribution in [0.15, 0.2) is 35.4 Å². The highest BCUT2D eigenvalue weighted by molar-refractivity contribution is 7.91. The van der Waals surface area contributed by atoms with Crippen molar-refractivity contribution < 1.29 is 21.6 Å². The Hall–Kier alpha value is -2.95. The van der Waals surface area contributed by atoms with Gasteiger partial charge < -0.3 is 5.32 Å². The standard InChI is InChI=1S/C21H21F3N4O3S/c1-11(13-4-3-5-14(17(13)22)18(23)24)27-19-16-8-15(12-6-7-32(30,31)9-12)21(29)28(2)20(16)26-10-25-19/h3-5,8,10-12,18H,6-7,9H2,1-2H3,(H,25,26,27)/t11-,12?/m1/s1. The van der Waals surface area contributed by atoms with Crippen LogP contribution >= 0.6 is 0 Å². The van der Waals surface area contributed by atoms with Crippen LogP contribution in [0, 0.1) is 5.82 Å². The minimum absolute atomic E-state index is 0.0199. The van der Waals surface area contributed by atoms with E-state index in [1.54, 1.807) is 13.0 Å². The third-order valence-corrected chi connectivity index (χ3v) is 7.59. The van der Waals surface area contributed by atoms with Gasteiger partial charge in [0.2, 0.25) is 0 Å². The third kappa shape index (κ3) is 3.96. The van der Waals surface area contributed by atoms with Crippen molar-refractivity contribution in [2.75, 3.05) is 16.8 Å². The third-order valence-electron chi connectivity index (χ3n) is 5.82. The number of nitrogens with zero attached hydrogens (tertiary/aromatic N) is 3. The van der Waals surface area contributed by atoms with Crippen LogP contribution in [0.1, 0.15) is 48.4 Å². The van der Waals surface area contributed by atoms with Crippen molar-refractivity contribution in [2.45, 2.75) is 31.7 Å². The first kappa shape index (κ1) is 22.3. The molecule has 2 atom stereocenters. The van der Waals surface area contributed by atoms with Gasteiger partial charge in [0.25, 0.3) is 12.0 Å². The number of halogens is 3. The zero-order valence-corrected chi connectivity index (χ0v) is 18.2. The van der Waals surface area contributed by atoms with Gasteiger partial charge in [-0.05, 0) is 19.4 Å². The molecule has 0 aliphatic carbocycles. The molecule has 3 aromatic rings. The molecule has 170 valence electrons. The Balaban J connectivity index is 1.77. The number of hydrogen-bond donors (Lipinski definition) is 1. The minimum Gasteiger partial charge on any atom is -0.363 e. The molecule has 2 aromatic heterocycles. The zero-order chi connectivity index (χ0) is 23.2. The second-order valence-electron chi connectivity index (χ2n) is 7.94. The lowest BCUT2D eigenvalue weighted by Gasteiger charge is -2.19. The van der Waals surface area contributed by atoms with Gasteiger partial charge in [-0.15, -0.1) is 0 Å². The normalized spacial score (nSPS) is 18.9. The number of aryl methyl sites for hydroxylation is 1. The van der Waals surface area contributed by atoms with Crippen molar-refractivity contribution in [3.8, 4) is 0 Å². The number of aromatic nitrogens is 3. The van der Waals surface area contributed by atoms with Crippen LogP contribution in [0.5, 0.6) is 0 Å². The number of rotatable bonds is 5. The molecule has 0 bridgehead atoms. The van der Waals surface area contributed by atoms with Gasteiger partial charge in [-0.3, -0.25) is 9.36 Å². The van der Waals surface area contributed by atoms with Crippen LogP contribution in [0.4, 0.5) is 19.0 Å². The van der Waals surface area contributed by atoms with Gasteiger partial charge in [0.15, 0.2) is 9.84 Å². The van der Waals surface area contributed by atoms with Crippen molar-refractivity contribution in [1.82, 2.24) is 14.5 Å². The summed E-state index contributed by atoms with van der Waals surface area (Å²) >= 11 is 0. The van der Waals surface area contributed by atoms with E-state index in [2.05, 4.69) is 15.3 Å². The molecule has 32 heavy (non-hydrogen) atoms. The van der Waals surface area contributed by atoms with E-state index in [1.165, 1.54) is 30.1 Å². The second-order valence-corrected chi connectivity index (χ2v) is 10.2. The van der Waals surface area contributed by atoms with Gasteiger partial charge in [-0.2, -0.15) is 0 Å². The van der Waals surface area contributed by atoms with Crippen molar-refractivity contribution in [1.29, 1.82) is 0 Å². The maximum atomic E-state index is 14.6. The number of anilines is 1. The number of nitrogens with one attached hydrogen (secondary N) is 1. The van der Waals surface area contributed by atoms with E-state index in [4.69, 9.17) is 0 Å². The van der Waals surface area contributed by atoms with Crippen molar-refractivity contribution in [3.05, 3.63) is 63.5 Å². The predicted octanol–water partition coefficient (Wildman–Crippen LogP) is 3.48. The largest absolute Gasteiger partial charge is 0.363 e. The molecule has 4 rings (SSSR count). The molecule has 0 amide bonds. The number of benzene rings is 1. The second kappa shape index (κ2) is 8.19. The Morgan fingerprint density at radius 2 is 1.94 bits per heavy atom. The van der Waals surface area contributed by atoms with E-state index in [0.29, 0.717) is 23.0 Å². The summed E-state index contributed by atoms with van der Waals surface area (Å²) in [6.45, 7) is 1.61. The summed E-state index contributed by atoms with van der Waals surface area (Å²) in [6.07, 6.45) is -1.36. The average Bonchev–Trinajstić information content (AvgIpc) is 3.10. The Kier molecular flexibility index (Phi) is 5.70. The van der Waals surface area contributed by atoms with E-state index >= 15 is 0 Å². The van der Waals surface area contributed by atoms with Crippen LogP contribution < -0.4 is 10.9 Å². The van der Waals surface area contributed by atoms with Gasteiger partial charge in [-0.1, -0.05) is 18.2 Å². The van der Waals surface area contributed by atoms with E-state index in [1.807, 2.05) is 0 Å². The molecular weight excluding hydrogens is 445 g/mol. The summed E-state index contributed by atoms with van der Waals surface area (Å²) in [5.74, 6) is -1.24. The minimum atomic E-state index is -3.21. The average molecular weight is 466 g/mol. The number of sulfone groups is 1. The molecule has 0 spiro atoms. The lowest BCUT2D eigenvalue weighted by molar-refractivity contribution is 0.146. The molecule has 1 saturated heterocycles. The smallest absolute Gasteiger partial charge is 0.266 e. The summed E-state index contributed by atoms with van der Waals surface area (Å²) in [4.78, 5) is 21.2. The Morgan fingerprint density at radius 1 is 1.22 bits per heavy atom. The van der Waals surface area contributed by atoms with E-state index in [9.17, 15) is 26.4 Å². The van der Waals surface area contributed by atoms with Crippen LogP contribution in [0.25, 0.3) is 11.0 Å². The lowest BCUT2D eigenvalue weighted by Crippen LogP contribution is -2.25. The molecule has 1 aliphatic heterocycles. The van der Waals surface area contributed by atoms with Gasteiger partial charge in [-0.25, -0.2) is 31.6 Å². The van der Waals surface area contributed by atoms with Crippen LogP contribution in [-0.2, 0) is 16.9 Å². The number of fused-ring (bicyclic) bond motifs is 1. The molecule has 0 saturated carbocycles. The maximum Gasteiger partial charge on any atom is 0.266 e. The van der Waals surface area contributed by atoms with Crippen LogP contribution in [-0.4, -0.2) is 34.5 Å². The molecular formula is C21H21F3N4O3S. The first-order valence-corrected chi connectivity index (χ1v) is 11.8. The monoisotopic (exact) mass is 466 g/mol. The lowest BCUT2D eigenvalue weighted by atomic mass is 9.99. The fraction of sp³-hybridized carbons (Fsp3) is 0.381. The quantitative estimate of drug-likeness (QED) is 0.619. The summed E-state index contributed by atoms with van der Waals surface area (Å²) in [7, 11) is -1.67. The highest BCUT2D eigenvalue weighted by Crippen LogP contribution is 2.32. The Bertz CT molecular complexity index is 1360. The van der Waals surface area contributed by atoms with Crippen LogP contribution in [0.3, 0.4) is 0 Å². The van der Waals surface area contributed by atoms with Crippen molar-refractivity contribution in [2.24, 2.45) is 7.05 Å². The van der Waals surface area contributed by atoms with Crippen molar-refractivity contribution >= 4 is 26.7 Å². The zero-order valence-electron chi connectivity index (χ0n) is 17.3. The predicted molar refractivity (Wildman–Crippen MR) is 114 cm³/mol. The number of hydrogen-bond acceptors (Lipinski definition) is 6. The fourth-order valence-electron chi connectivity index (χ4n) is 4.10. The molecule has 1 aromatic carbocycles. The number of alkyl halides is 2. The molecule has 1 fully saturated rings. The highest BCUT2D eigenvalue weighted by atomic mass is 32.2. The molecule has 7 nitrogen and oxygen atoms in total. The van der Waals surface area contributed by atoms with Gasteiger partial charge in [0.1, 0.15) is 23.6 Å². The maximum absolute atomic E-state index is 14.6. The first-order chi connectivity index (χ1) is 15.1. The summed E-state index contributed by atoms with van der Waals surface area (Å²) in [5, 5.41) is 3.47. The fourth-order valence-corrected chi connectivity index (χ4v) is 5.87. The van der Waals surface area contributed by atoms with E-state index < -0.39 is 39.6 Å². The molecule has 1 aliphatic rings. The topological polar surface area (TPSA) is 94.0 Å². The van der Waals surface area contributed by atoms with E-state index in [-0.39, 0.29) is 28.4 Å². The Labute approximate surface area is 182 Å². The molecule has 11 heteroatoms. The Morgan fingerprint density at radius 3 is 2.59 bits per heavy atom. The summed E-state index contributed by atoms with van der Waals surface area (Å²) in [6, 6.07) is 4.66.